The molecule has 0 N–H and O–H groups in total. The van der Waals surface area contributed by atoms with Gasteiger partial charge in [0.05, 0.1) is 34.1 Å². The van der Waals surface area contributed by atoms with Gasteiger partial charge < -0.3 is 0 Å². The van der Waals surface area contributed by atoms with Gasteiger partial charge in [-0.3, -0.25) is 0 Å². The largest absolute Gasteiger partial charge is 0.244 e. The van der Waals surface area contributed by atoms with E-state index in [0.717, 1.165) is 60.7 Å². The lowest BCUT2D eigenvalue weighted by Crippen LogP contribution is -2.28. The van der Waals surface area contributed by atoms with E-state index in [1.807, 2.05) is 30.3 Å². The Morgan fingerprint density at radius 3 is 1.73 bits per heavy atom. The van der Waals surface area contributed by atoms with Crippen LogP contribution in [0.1, 0.15) is 22.3 Å². The molecule has 236 valence electrons. The van der Waals surface area contributed by atoms with E-state index in [0.29, 0.717) is 5.69 Å². The summed E-state index contributed by atoms with van der Waals surface area (Å²) in [7, 11) is 0. The van der Waals surface area contributed by atoms with E-state index in [-0.39, 0.29) is 0 Å². The van der Waals surface area contributed by atoms with Gasteiger partial charge >= 0.3 is 0 Å². The van der Waals surface area contributed by atoms with E-state index in [9.17, 15) is 0 Å². The molecule has 0 fully saturated rings. The van der Waals surface area contributed by atoms with E-state index < -0.39 is 5.41 Å². The molecule has 0 radical (unpaired) electrons. The second-order valence-corrected chi connectivity index (χ2v) is 13.2. The standard InChI is InChI=1S/C48H29N3/c1-49-36-24-26-39-38-25-23-32(28-42(38)48(43(39)29-36,34-15-4-2-5-16-34)35-17-6-3-7-18-35)31-13-12-14-33(27-31)41-30-46-47(40-20-9-8-19-37(40)41)51-45-22-11-10-21-44(45)50-46/h2-30H. The quantitative estimate of drug-likeness (QED) is 0.108. The summed E-state index contributed by atoms with van der Waals surface area (Å²) >= 11 is 0. The van der Waals surface area contributed by atoms with Crippen LogP contribution in [0.5, 0.6) is 0 Å². The Bertz CT molecular complexity index is 2830. The fourth-order valence-electron chi connectivity index (χ4n) is 8.28. The molecule has 0 atom stereocenters. The minimum atomic E-state index is -0.586. The third-order valence-electron chi connectivity index (χ3n) is 10.5. The first kappa shape index (κ1) is 29.1. The molecule has 0 aliphatic heterocycles. The van der Waals surface area contributed by atoms with E-state index in [1.54, 1.807) is 0 Å². The van der Waals surface area contributed by atoms with Crippen molar-refractivity contribution in [1.82, 2.24) is 9.97 Å². The Morgan fingerprint density at radius 2 is 1.00 bits per heavy atom. The second kappa shape index (κ2) is 11.3. The summed E-state index contributed by atoms with van der Waals surface area (Å²) in [6.45, 7) is 7.89. The predicted octanol–water partition coefficient (Wildman–Crippen LogP) is 12.2. The Morgan fingerprint density at radius 1 is 0.412 bits per heavy atom. The monoisotopic (exact) mass is 647 g/mol. The van der Waals surface area contributed by atoms with Crippen molar-refractivity contribution in [2.75, 3.05) is 0 Å². The molecule has 3 nitrogen and oxygen atoms in total. The van der Waals surface area contributed by atoms with Crippen LogP contribution in [0.3, 0.4) is 0 Å². The zero-order valence-electron chi connectivity index (χ0n) is 27.6. The van der Waals surface area contributed by atoms with Gasteiger partial charge in [0.2, 0.25) is 0 Å². The first-order chi connectivity index (χ1) is 25.2. The Balaban J connectivity index is 1.19. The molecule has 0 saturated carbocycles. The molecule has 0 unspecified atom stereocenters. The molecule has 1 aliphatic rings. The third kappa shape index (κ3) is 4.37. The number of hydrogen-bond acceptors (Lipinski definition) is 2. The topological polar surface area (TPSA) is 30.1 Å². The van der Waals surface area contributed by atoms with Crippen molar-refractivity contribution in [1.29, 1.82) is 0 Å². The average molecular weight is 648 g/mol. The molecule has 9 aromatic rings. The molecule has 1 aliphatic carbocycles. The van der Waals surface area contributed by atoms with Crippen LogP contribution in [0.2, 0.25) is 0 Å². The number of rotatable bonds is 4. The Labute approximate surface area is 296 Å². The lowest BCUT2D eigenvalue weighted by molar-refractivity contribution is 0.769. The maximum absolute atomic E-state index is 7.89. The lowest BCUT2D eigenvalue weighted by Gasteiger charge is -2.34. The number of benzene rings is 8. The van der Waals surface area contributed by atoms with E-state index in [2.05, 4.69) is 150 Å². The normalized spacial score (nSPS) is 12.8. The minimum absolute atomic E-state index is 0.586. The minimum Gasteiger partial charge on any atom is -0.244 e. The molecule has 1 aromatic heterocycles. The summed E-state index contributed by atoms with van der Waals surface area (Å²) in [5.74, 6) is 0. The fraction of sp³-hybridized carbons (Fsp3) is 0.0208. The number of aromatic nitrogens is 2. The molecular weight excluding hydrogens is 619 g/mol. The molecule has 0 amide bonds. The van der Waals surface area contributed by atoms with Crippen LogP contribution in [0.25, 0.3) is 71.1 Å². The molecule has 0 spiro atoms. The van der Waals surface area contributed by atoms with E-state index >= 15 is 0 Å². The first-order valence-corrected chi connectivity index (χ1v) is 17.2. The fourth-order valence-corrected chi connectivity index (χ4v) is 8.28. The van der Waals surface area contributed by atoms with Gasteiger partial charge in [0.25, 0.3) is 0 Å². The highest BCUT2D eigenvalue weighted by molar-refractivity contribution is 6.12. The smallest absolute Gasteiger partial charge is 0.187 e. The van der Waals surface area contributed by atoms with Crippen molar-refractivity contribution in [3.63, 3.8) is 0 Å². The molecular formula is C48H29N3. The van der Waals surface area contributed by atoms with Gasteiger partial charge in [0.1, 0.15) is 0 Å². The molecule has 8 aromatic carbocycles. The Kier molecular flexibility index (Phi) is 6.46. The van der Waals surface area contributed by atoms with Crippen molar-refractivity contribution in [3.8, 4) is 33.4 Å². The van der Waals surface area contributed by atoms with Gasteiger partial charge in [0, 0.05) is 5.39 Å². The third-order valence-corrected chi connectivity index (χ3v) is 10.5. The summed E-state index contributed by atoms with van der Waals surface area (Å²) in [5.41, 5.74) is 15.3. The maximum Gasteiger partial charge on any atom is 0.187 e. The van der Waals surface area contributed by atoms with Crippen molar-refractivity contribution in [2.45, 2.75) is 5.41 Å². The second-order valence-electron chi connectivity index (χ2n) is 13.2. The van der Waals surface area contributed by atoms with Gasteiger partial charge in [0.15, 0.2) is 5.69 Å². The van der Waals surface area contributed by atoms with Crippen LogP contribution < -0.4 is 0 Å². The molecule has 0 saturated heterocycles. The van der Waals surface area contributed by atoms with Gasteiger partial charge in [-0.2, -0.15) is 0 Å². The number of nitrogens with zero attached hydrogens (tertiary/aromatic N) is 3. The van der Waals surface area contributed by atoms with E-state index in [1.165, 1.54) is 27.8 Å². The predicted molar refractivity (Wildman–Crippen MR) is 209 cm³/mol. The summed E-state index contributed by atoms with van der Waals surface area (Å²) < 4.78 is 0. The van der Waals surface area contributed by atoms with Gasteiger partial charge in [-0.25, -0.2) is 14.8 Å². The first-order valence-electron chi connectivity index (χ1n) is 17.2. The van der Waals surface area contributed by atoms with E-state index in [4.69, 9.17) is 16.5 Å². The molecule has 51 heavy (non-hydrogen) atoms. The van der Waals surface area contributed by atoms with Crippen LogP contribution in [-0.4, -0.2) is 9.97 Å². The highest BCUT2D eigenvalue weighted by Crippen LogP contribution is 2.57. The highest BCUT2D eigenvalue weighted by Gasteiger charge is 2.46. The van der Waals surface area contributed by atoms with Crippen molar-refractivity contribution >= 4 is 38.5 Å². The van der Waals surface area contributed by atoms with Crippen LogP contribution in [0, 0.1) is 6.57 Å². The van der Waals surface area contributed by atoms with Crippen LogP contribution in [-0.2, 0) is 5.41 Å². The van der Waals surface area contributed by atoms with Gasteiger partial charge in [-0.15, -0.1) is 0 Å². The average Bonchev–Trinajstić information content (AvgIpc) is 3.50. The van der Waals surface area contributed by atoms with Crippen molar-refractivity contribution < 1.29 is 0 Å². The van der Waals surface area contributed by atoms with Crippen molar-refractivity contribution in [2.24, 2.45) is 0 Å². The van der Waals surface area contributed by atoms with Crippen LogP contribution >= 0.6 is 0 Å². The van der Waals surface area contributed by atoms with Crippen molar-refractivity contribution in [3.05, 3.63) is 210 Å². The number of para-hydroxylation sites is 2. The molecule has 3 heteroatoms. The maximum atomic E-state index is 7.89. The highest BCUT2D eigenvalue weighted by atomic mass is 14.8. The van der Waals surface area contributed by atoms with Gasteiger partial charge in [-0.05, 0) is 91.4 Å². The number of hydrogen-bond donors (Lipinski definition) is 0. The zero-order valence-corrected chi connectivity index (χ0v) is 27.6. The van der Waals surface area contributed by atoms with Crippen LogP contribution in [0.4, 0.5) is 5.69 Å². The zero-order chi connectivity index (χ0) is 33.9. The summed E-state index contributed by atoms with van der Waals surface area (Å²) in [6.07, 6.45) is 0. The summed E-state index contributed by atoms with van der Waals surface area (Å²) in [4.78, 5) is 14.0. The molecule has 10 rings (SSSR count). The lowest BCUT2D eigenvalue weighted by atomic mass is 9.67. The molecule has 1 heterocycles. The summed E-state index contributed by atoms with van der Waals surface area (Å²) in [5, 5.41) is 2.25. The SMILES string of the molecule is [C-]#[N+]c1ccc2c(c1)C(c1ccccc1)(c1ccccc1)c1cc(-c3cccc(-c4cc5nc6ccccc6nc5c5ccccc45)c3)ccc1-2. The Hall–Kier alpha value is -6.89. The van der Waals surface area contributed by atoms with Gasteiger partial charge in [-0.1, -0.05) is 146 Å². The summed E-state index contributed by atoms with van der Waals surface area (Å²) in [6, 6.07) is 62.2. The van der Waals surface area contributed by atoms with Crippen LogP contribution in [0.15, 0.2) is 176 Å². The number of fused-ring (bicyclic) bond motifs is 7. The molecule has 0 bridgehead atoms.